The van der Waals surface area contributed by atoms with Gasteiger partial charge in [0.15, 0.2) is 0 Å². The number of carbonyl (C=O) groups is 1. The minimum absolute atomic E-state index is 0.120. The lowest BCUT2D eigenvalue weighted by atomic mass is 10.2. The van der Waals surface area contributed by atoms with Crippen molar-refractivity contribution in [2.45, 2.75) is 4.90 Å². The van der Waals surface area contributed by atoms with Gasteiger partial charge in [0.25, 0.3) is 5.91 Å². The molecule has 0 saturated heterocycles. The van der Waals surface area contributed by atoms with E-state index < -0.39 is 10.0 Å². The van der Waals surface area contributed by atoms with Gasteiger partial charge in [-0.05, 0) is 59.0 Å². The number of amides is 1. The summed E-state index contributed by atoms with van der Waals surface area (Å²) < 4.78 is 29.0. The summed E-state index contributed by atoms with van der Waals surface area (Å²) in [5.74, 6) is -0.223. The summed E-state index contributed by atoms with van der Waals surface area (Å²) in [7, 11) is -2.61. The summed E-state index contributed by atoms with van der Waals surface area (Å²) >= 11 is 2.10. The molecule has 0 aliphatic heterocycles. The molecule has 0 bridgehead atoms. The Balaban J connectivity index is 2.33. The van der Waals surface area contributed by atoms with E-state index in [1.165, 1.54) is 19.2 Å². The number of nitrogens with two attached hydrogens (primary N) is 1. The quantitative estimate of drug-likeness (QED) is 0.724. The van der Waals surface area contributed by atoms with Crippen LogP contribution in [0.5, 0.6) is 5.75 Å². The van der Waals surface area contributed by atoms with E-state index in [0.717, 1.165) is 3.57 Å². The molecule has 2 rings (SSSR count). The smallest absolute Gasteiger partial charge is 0.255 e. The average molecular weight is 432 g/mol. The predicted octanol–water partition coefficient (Wildman–Crippen LogP) is 2.20. The van der Waals surface area contributed by atoms with E-state index >= 15 is 0 Å². The molecule has 2 aromatic rings. The molecule has 22 heavy (non-hydrogen) atoms. The fraction of sp³-hybridized carbons (Fsp3) is 0.0714. The second-order valence-corrected chi connectivity index (χ2v) is 7.15. The number of ether oxygens (including phenoxy) is 1. The Morgan fingerprint density at radius 3 is 2.55 bits per heavy atom. The van der Waals surface area contributed by atoms with Crippen LogP contribution < -0.4 is 15.2 Å². The van der Waals surface area contributed by atoms with Gasteiger partial charge in [-0.3, -0.25) is 4.79 Å². The van der Waals surface area contributed by atoms with Crippen LogP contribution in [0.15, 0.2) is 47.4 Å². The number of benzene rings is 2. The van der Waals surface area contributed by atoms with Gasteiger partial charge >= 0.3 is 0 Å². The summed E-state index contributed by atoms with van der Waals surface area (Å²) in [4.78, 5) is 12.0. The molecule has 0 spiro atoms. The summed E-state index contributed by atoms with van der Waals surface area (Å²) in [6.07, 6.45) is 0. The number of carbonyl (C=O) groups excluding carboxylic acids is 1. The molecule has 0 heterocycles. The van der Waals surface area contributed by atoms with E-state index in [1.54, 1.807) is 24.3 Å². The van der Waals surface area contributed by atoms with Gasteiger partial charge in [-0.2, -0.15) is 0 Å². The summed E-state index contributed by atoms with van der Waals surface area (Å²) in [6, 6.07) is 11.3. The number of hydrogen-bond acceptors (Lipinski definition) is 4. The Morgan fingerprint density at radius 2 is 1.95 bits per heavy atom. The topological polar surface area (TPSA) is 98.5 Å². The van der Waals surface area contributed by atoms with Crippen molar-refractivity contribution in [3.63, 3.8) is 0 Å². The third-order valence-electron chi connectivity index (χ3n) is 2.81. The number of rotatable bonds is 4. The molecule has 0 atom stereocenters. The summed E-state index contributed by atoms with van der Waals surface area (Å²) in [5, 5.41) is 7.77. The SMILES string of the molecule is COc1ccc(NC(=O)c2cccc(I)c2)cc1S(N)(=O)=O. The van der Waals surface area contributed by atoms with E-state index in [9.17, 15) is 13.2 Å². The van der Waals surface area contributed by atoms with Crippen molar-refractivity contribution in [1.82, 2.24) is 0 Å². The Labute approximate surface area is 141 Å². The highest BCUT2D eigenvalue weighted by Gasteiger charge is 2.16. The van der Waals surface area contributed by atoms with Gasteiger partial charge in [-0.25, -0.2) is 13.6 Å². The Hall–Kier alpha value is -1.65. The van der Waals surface area contributed by atoms with E-state index in [0.29, 0.717) is 11.3 Å². The van der Waals surface area contributed by atoms with Crippen molar-refractivity contribution in [1.29, 1.82) is 0 Å². The van der Waals surface area contributed by atoms with Gasteiger partial charge in [0.1, 0.15) is 10.6 Å². The first kappa shape index (κ1) is 16.7. The zero-order chi connectivity index (χ0) is 16.3. The van der Waals surface area contributed by atoms with Crippen LogP contribution in [0.4, 0.5) is 5.69 Å². The van der Waals surface area contributed by atoms with Gasteiger partial charge in [0.2, 0.25) is 10.0 Å². The lowest BCUT2D eigenvalue weighted by Gasteiger charge is -2.10. The normalized spacial score (nSPS) is 11.0. The number of nitrogens with one attached hydrogen (secondary N) is 1. The van der Waals surface area contributed by atoms with E-state index in [2.05, 4.69) is 27.9 Å². The maximum absolute atomic E-state index is 12.2. The minimum Gasteiger partial charge on any atom is -0.495 e. The van der Waals surface area contributed by atoms with Gasteiger partial charge in [0.05, 0.1) is 7.11 Å². The highest BCUT2D eigenvalue weighted by molar-refractivity contribution is 14.1. The minimum atomic E-state index is -3.95. The molecule has 0 radical (unpaired) electrons. The molecule has 6 nitrogen and oxygen atoms in total. The van der Waals surface area contributed by atoms with Crippen LogP contribution >= 0.6 is 22.6 Å². The largest absolute Gasteiger partial charge is 0.495 e. The number of halogens is 1. The molecule has 0 aliphatic rings. The van der Waals surface area contributed by atoms with E-state index in [-0.39, 0.29) is 16.6 Å². The van der Waals surface area contributed by atoms with Crippen molar-refractivity contribution < 1.29 is 17.9 Å². The zero-order valence-corrected chi connectivity index (χ0v) is 14.5. The Bertz CT molecular complexity index is 821. The molecule has 0 aromatic heterocycles. The van der Waals surface area contributed by atoms with Crippen molar-refractivity contribution in [2.24, 2.45) is 5.14 Å². The Kier molecular flexibility index (Phi) is 5.04. The monoisotopic (exact) mass is 432 g/mol. The van der Waals surface area contributed by atoms with Crippen molar-refractivity contribution in [2.75, 3.05) is 12.4 Å². The molecule has 0 unspecified atom stereocenters. The van der Waals surface area contributed by atoms with Crippen LogP contribution in [0, 0.1) is 3.57 Å². The lowest BCUT2D eigenvalue weighted by Crippen LogP contribution is -2.16. The standard InChI is InChI=1S/C14H13IN2O4S/c1-21-12-6-5-11(8-13(12)22(16,19)20)17-14(18)9-3-2-4-10(15)7-9/h2-8H,1H3,(H,17,18)(H2,16,19,20). The molecule has 8 heteroatoms. The Morgan fingerprint density at radius 1 is 1.23 bits per heavy atom. The highest BCUT2D eigenvalue weighted by atomic mass is 127. The predicted molar refractivity (Wildman–Crippen MR) is 91.5 cm³/mol. The zero-order valence-electron chi connectivity index (χ0n) is 11.5. The highest BCUT2D eigenvalue weighted by Crippen LogP contribution is 2.26. The first-order chi connectivity index (χ1) is 10.3. The molecular formula is C14H13IN2O4S. The first-order valence-corrected chi connectivity index (χ1v) is 8.71. The molecule has 3 N–H and O–H groups in total. The number of sulfonamides is 1. The van der Waals surface area contributed by atoms with Crippen LogP contribution in [0.25, 0.3) is 0 Å². The number of hydrogen-bond donors (Lipinski definition) is 2. The van der Waals surface area contributed by atoms with E-state index in [4.69, 9.17) is 9.88 Å². The molecule has 2 aromatic carbocycles. The van der Waals surface area contributed by atoms with Gasteiger partial charge in [0, 0.05) is 14.8 Å². The van der Waals surface area contributed by atoms with Crippen molar-refractivity contribution in [3.05, 3.63) is 51.6 Å². The number of methoxy groups -OCH3 is 1. The first-order valence-electron chi connectivity index (χ1n) is 6.09. The van der Waals surface area contributed by atoms with Gasteiger partial charge in [-0.1, -0.05) is 6.07 Å². The average Bonchev–Trinajstić information content (AvgIpc) is 2.46. The molecule has 1 amide bonds. The molecule has 116 valence electrons. The van der Waals surface area contributed by atoms with Crippen molar-refractivity contribution in [3.8, 4) is 5.75 Å². The lowest BCUT2D eigenvalue weighted by molar-refractivity contribution is 0.102. The maximum atomic E-state index is 12.2. The van der Waals surface area contributed by atoms with Crippen molar-refractivity contribution >= 4 is 44.2 Å². The number of primary sulfonamides is 1. The van der Waals surface area contributed by atoms with Gasteiger partial charge < -0.3 is 10.1 Å². The third-order valence-corrected chi connectivity index (χ3v) is 4.42. The molecular weight excluding hydrogens is 419 g/mol. The van der Waals surface area contributed by atoms with Crippen LogP contribution in [-0.4, -0.2) is 21.4 Å². The fourth-order valence-electron chi connectivity index (χ4n) is 1.81. The summed E-state index contributed by atoms with van der Waals surface area (Å²) in [5.41, 5.74) is 0.786. The third kappa shape index (κ3) is 3.96. The summed E-state index contributed by atoms with van der Waals surface area (Å²) in [6.45, 7) is 0. The van der Waals surface area contributed by atoms with Crippen LogP contribution in [0.2, 0.25) is 0 Å². The van der Waals surface area contributed by atoms with E-state index in [1.807, 2.05) is 6.07 Å². The van der Waals surface area contributed by atoms with Crippen LogP contribution in [-0.2, 0) is 10.0 Å². The molecule has 0 fully saturated rings. The second kappa shape index (κ2) is 6.63. The molecule has 0 saturated carbocycles. The maximum Gasteiger partial charge on any atom is 0.255 e. The van der Waals surface area contributed by atoms with Gasteiger partial charge in [-0.15, -0.1) is 0 Å². The fourth-order valence-corrected chi connectivity index (χ4v) is 3.08. The van der Waals surface area contributed by atoms with Crippen LogP contribution in [0.1, 0.15) is 10.4 Å². The number of anilines is 1. The second-order valence-electron chi connectivity index (χ2n) is 4.38. The van der Waals surface area contributed by atoms with Crippen LogP contribution in [0.3, 0.4) is 0 Å². The molecule has 0 aliphatic carbocycles.